The van der Waals surface area contributed by atoms with E-state index < -0.39 is 12.7 Å². The number of imidazole rings is 1. The molecule has 0 aliphatic carbocycles. The molecule has 1 rings (SSSR count). The normalized spacial score (nSPS) is 11.3. The number of nitrogens with one attached hydrogen (secondary N) is 1. The Kier molecular flexibility index (Phi) is 2.22. The van der Waals surface area contributed by atoms with Crippen LogP contribution in [0.25, 0.3) is 0 Å². The van der Waals surface area contributed by atoms with E-state index in [0.717, 1.165) is 0 Å². The molecular formula is C6H8N2O2Se. The molecule has 0 aliphatic heterocycles. The molecule has 0 saturated carbocycles. The Labute approximate surface area is 66.0 Å². The molecule has 0 unspecified atom stereocenters. The van der Waals surface area contributed by atoms with Crippen molar-refractivity contribution in [1.82, 2.24) is 9.97 Å². The molecule has 60 valence electrons. The van der Waals surface area contributed by atoms with Gasteiger partial charge in [0.15, 0.2) is 0 Å². The molecule has 1 aromatic rings. The van der Waals surface area contributed by atoms with E-state index in [4.69, 9.17) is 0 Å². The van der Waals surface area contributed by atoms with Crippen molar-refractivity contribution in [2.24, 2.45) is 0 Å². The number of allylic oxidation sites excluding steroid dienone is 1. The van der Waals surface area contributed by atoms with E-state index in [0.29, 0.717) is 0 Å². The van der Waals surface area contributed by atoms with Crippen molar-refractivity contribution >= 4 is 17.4 Å². The summed E-state index contributed by atoms with van der Waals surface area (Å²) in [6, 6.07) is 0. The van der Waals surface area contributed by atoms with Crippen molar-refractivity contribution in [3.63, 3.8) is 0 Å². The second kappa shape index (κ2) is 2.98. The van der Waals surface area contributed by atoms with Crippen LogP contribution in [0.5, 0.6) is 0 Å². The summed E-state index contributed by atoms with van der Waals surface area (Å²) in [7, 11) is 0. The third-order valence-corrected chi connectivity index (χ3v) is 4.22. The van der Waals surface area contributed by atoms with Gasteiger partial charge in [0, 0.05) is 0 Å². The first kappa shape index (κ1) is 8.17. The van der Waals surface area contributed by atoms with Gasteiger partial charge in [0.1, 0.15) is 0 Å². The topological polar surface area (TPSA) is 62.8 Å². The van der Waals surface area contributed by atoms with Crippen LogP contribution in [0.1, 0.15) is 0 Å². The van der Waals surface area contributed by atoms with Crippen molar-refractivity contribution in [2.45, 2.75) is 5.32 Å². The molecule has 4 nitrogen and oxygen atoms in total. The van der Waals surface area contributed by atoms with Gasteiger partial charge in [0.2, 0.25) is 0 Å². The van der Waals surface area contributed by atoms with E-state index in [-0.39, 0.29) is 10.0 Å². The Morgan fingerprint density at radius 3 is 2.91 bits per heavy atom. The van der Waals surface area contributed by atoms with Gasteiger partial charge in [-0.1, -0.05) is 0 Å². The van der Waals surface area contributed by atoms with E-state index in [2.05, 4.69) is 16.5 Å². The van der Waals surface area contributed by atoms with Crippen molar-refractivity contribution in [3.05, 3.63) is 25.0 Å². The van der Waals surface area contributed by atoms with Crippen LogP contribution in [0.3, 0.4) is 0 Å². The molecule has 0 amide bonds. The average molecular weight is 219 g/mol. The van der Waals surface area contributed by atoms with E-state index in [1.54, 1.807) is 0 Å². The minimum atomic E-state index is -3.99. The van der Waals surface area contributed by atoms with E-state index in [9.17, 15) is 7.67 Å². The predicted octanol–water partition coefficient (Wildman–Crippen LogP) is 0.106. The van der Waals surface area contributed by atoms with Gasteiger partial charge in [0.25, 0.3) is 0 Å². The van der Waals surface area contributed by atoms with Crippen molar-refractivity contribution < 1.29 is 7.67 Å². The molecule has 0 aromatic carbocycles. The van der Waals surface area contributed by atoms with Gasteiger partial charge < -0.3 is 0 Å². The van der Waals surface area contributed by atoms with Crippen molar-refractivity contribution in [3.8, 4) is 0 Å². The van der Waals surface area contributed by atoms with Gasteiger partial charge in [-0.15, -0.1) is 0 Å². The summed E-state index contributed by atoms with van der Waals surface area (Å²) in [5.74, 6) is 0. The summed E-state index contributed by atoms with van der Waals surface area (Å²) in [5.41, 5.74) is 0. The van der Waals surface area contributed by atoms with Gasteiger partial charge >= 0.3 is 65.4 Å². The van der Waals surface area contributed by atoms with Gasteiger partial charge in [-0.05, 0) is 0 Å². The van der Waals surface area contributed by atoms with Crippen LogP contribution in [0.15, 0.2) is 25.0 Å². The zero-order chi connectivity index (χ0) is 8.32. The third-order valence-electron chi connectivity index (χ3n) is 1.10. The van der Waals surface area contributed by atoms with Gasteiger partial charge in [-0.25, -0.2) is 0 Å². The number of aromatic nitrogens is 2. The molecule has 5 heteroatoms. The number of hydrogen-bond donors (Lipinski definition) is 1. The molecule has 0 spiro atoms. The summed E-state index contributed by atoms with van der Waals surface area (Å²) in [6.45, 7) is 3.35. The third kappa shape index (κ3) is 1.76. The number of hydrogen-bond acceptors (Lipinski definition) is 3. The van der Waals surface area contributed by atoms with Gasteiger partial charge in [-0.2, -0.15) is 0 Å². The molecule has 0 radical (unpaired) electrons. The summed E-state index contributed by atoms with van der Waals surface area (Å²) < 4.78 is 22.5. The minimum absolute atomic E-state index is 0.00991. The predicted molar refractivity (Wildman–Crippen MR) is 40.4 cm³/mol. The van der Waals surface area contributed by atoms with Gasteiger partial charge in [-0.3, -0.25) is 0 Å². The standard InChI is InChI=1S/C6H8N2O2Se/c1-2-5-11(9,10)6-7-3-4-8-6/h2-4H,1,5H2,(H,7,8). The van der Waals surface area contributed by atoms with Crippen LogP contribution in [0.2, 0.25) is 5.32 Å². The SMILES string of the molecule is C=CC[Se](=O)(=O)c1ncc[nH]1. The van der Waals surface area contributed by atoms with E-state index >= 15 is 0 Å². The second-order valence-corrected chi connectivity index (χ2v) is 6.05. The molecule has 0 fully saturated rings. The summed E-state index contributed by atoms with van der Waals surface area (Å²) in [6.07, 6.45) is 4.27. The maximum atomic E-state index is 11.2. The van der Waals surface area contributed by atoms with Gasteiger partial charge in [0.05, 0.1) is 0 Å². The molecule has 0 aliphatic rings. The first-order chi connectivity index (χ1) is 5.17. The molecule has 0 saturated heterocycles. The zero-order valence-electron chi connectivity index (χ0n) is 5.82. The number of nitrogens with zero attached hydrogens (tertiary/aromatic N) is 1. The Balaban J connectivity index is 3.01. The average Bonchev–Trinajstić information content (AvgIpc) is 2.37. The molecule has 0 atom stereocenters. The second-order valence-electron chi connectivity index (χ2n) is 1.96. The molecular weight excluding hydrogens is 211 g/mol. The Morgan fingerprint density at radius 1 is 1.73 bits per heavy atom. The monoisotopic (exact) mass is 220 g/mol. The molecule has 1 heterocycles. The number of aromatic amines is 1. The Bertz CT molecular complexity index is 325. The van der Waals surface area contributed by atoms with Crippen LogP contribution >= 0.6 is 0 Å². The molecule has 11 heavy (non-hydrogen) atoms. The first-order valence-corrected chi connectivity index (χ1v) is 6.46. The number of H-pyrrole nitrogens is 1. The fourth-order valence-electron chi connectivity index (χ4n) is 0.655. The van der Waals surface area contributed by atoms with E-state index in [1.165, 1.54) is 18.5 Å². The Morgan fingerprint density at radius 2 is 2.45 bits per heavy atom. The first-order valence-electron chi connectivity index (χ1n) is 3.00. The summed E-state index contributed by atoms with van der Waals surface area (Å²) >= 11 is -3.99. The van der Waals surface area contributed by atoms with Crippen LogP contribution < -0.4 is 4.72 Å². The quantitative estimate of drug-likeness (QED) is 0.579. The summed E-state index contributed by atoms with van der Waals surface area (Å²) in [4.78, 5) is 6.20. The molecule has 1 N–H and O–H groups in total. The molecule has 1 aromatic heterocycles. The summed E-state index contributed by atoms with van der Waals surface area (Å²) in [5, 5.41) is -0.00991. The Hall–Kier alpha value is -0.931. The molecule has 0 bridgehead atoms. The maximum absolute atomic E-state index is 11.2. The number of rotatable bonds is 3. The zero-order valence-corrected chi connectivity index (χ0v) is 7.53. The van der Waals surface area contributed by atoms with Crippen molar-refractivity contribution in [1.29, 1.82) is 0 Å². The van der Waals surface area contributed by atoms with Crippen molar-refractivity contribution in [2.75, 3.05) is 0 Å². The van der Waals surface area contributed by atoms with Crippen LogP contribution in [0, 0.1) is 0 Å². The fraction of sp³-hybridized carbons (Fsp3) is 0.167. The van der Waals surface area contributed by atoms with Crippen LogP contribution in [0.4, 0.5) is 0 Å². The fourth-order valence-corrected chi connectivity index (χ4v) is 2.62. The van der Waals surface area contributed by atoms with Crippen LogP contribution in [-0.2, 0) is 7.67 Å². The van der Waals surface area contributed by atoms with Crippen LogP contribution in [-0.4, -0.2) is 22.7 Å². The van der Waals surface area contributed by atoms with E-state index in [1.807, 2.05) is 0 Å².